The summed E-state index contributed by atoms with van der Waals surface area (Å²) >= 11 is 0. The van der Waals surface area contributed by atoms with E-state index in [2.05, 4.69) is 27.3 Å². The molecule has 2 aliphatic rings. The Hall–Kier alpha value is -3.50. The SMILES string of the molecule is C=NC(C)=C(O)COc1cc(F)c2c(c1C)CCN(C[C@@H](O)CNC(=O)c1ccnc(NC3CCC3)c1)C2. The van der Waals surface area contributed by atoms with Crippen LogP contribution < -0.4 is 15.4 Å². The zero-order valence-corrected chi connectivity index (χ0v) is 22.0. The molecule has 4 N–H and O–H groups in total. The fraction of sp³-hybridized carbons (Fsp3) is 0.464. The topological polar surface area (TPSA) is 119 Å². The van der Waals surface area contributed by atoms with Crippen LogP contribution >= 0.6 is 0 Å². The number of aliphatic imine (C=N–C) groups is 1. The van der Waals surface area contributed by atoms with Crippen molar-refractivity contribution in [2.75, 3.05) is 31.6 Å². The van der Waals surface area contributed by atoms with Crippen LogP contribution in [0.2, 0.25) is 0 Å². The van der Waals surface area contributed by atoms with Crippen LogP contribution in [-0.2, 0) is 13.0 Å². The maximum Gasteiger partial charge on any atom is 0.251 e. The number of pyridine rings is 1. The number of benzene rings is 1. The minimum Gasteiger partial charge on any atom is -0.507 e. The first-order chi connectivity index (χ1) is 18.2. The first-order valence-electron chi connectivity index (χ1n) is 13.0. The molecule has 204 valence electrons. The molecule has 1 aromatic heterocycles. The molecule has 1 amide bonds. The number of allylic oxidation sites excluding steroid dienone is 1. The van der Waals surface area contributed by atoms with E-state index in [0.29, 0.717) is 60.5 Å². The van der Waals surface area contributed by atoms with E-state index in [9.17, 15) is 15.0 Å². The highest BCUT2D eigenvalue weighted by molar-refractivity contribution is 5.94. The summed E-state index contributed by atoms with van der Waals surface area (Å²) in [7, 11) is 0. The number of halogens is 1. The zero-order chi connectivity index (χ0) is 27.2. The van der Waals surface area contributed by atoms with E-state index < -0.39 is 6.10 Å². The van der Waals surface area contributed by atoms with Crippen molar-refractivity contribution in [2.24, 2.45) is 4.99 Å². The molecule has 9 nitrogen and oxygen atoms in total. The molecule has 1 aliphatic carbocycles. The lowest BCUT2D eigenvalue weighted by atomic mass is 9.93. The predicted molar refractivity (Wildman–Crippen MR) is 144 cm³/mol. The van der Waals surface area contributed by atoms with Gasteiger partial charge in [-0.25, -0.2) is 9.37 Å². The van der Waals surface area contributed by atoms with Gasteiger partial charge in [0.15, 0.2) is 5.76 Å². The molecule has 10 heteroatoms. The number of aromatic nitrogens is 1. The molecule has 0 saturated heterocycles. The lowest BCUT2D eigenvalue weighted by Crippen LogP contribution is -2.42. The first-order valence-corrected chi connectivity index (χ1v) is 13.0. The molecule has 38 heavy (non-hydrogen) atoms. The number of carbonyl (C=O) groups excluding carboxylic acids is 1. The number of nitrogens with zero attached hydrogens (tertiary/aromatic N) is 3. The van der Waals surface area contributed by atoms with Crippen LogP contribution in [0, 0.1) is 12.7 Å². The van der Waals surface area contributed by atoms with Crippen molar-refractivity contribution >= 4 is 18.4 Å². The van der Waals surface area contributed by atoms with Gasteiger partial charge in [-0.2, -0.15) is 0 Å². The van der Waals surface area contributed by atoms with Crippen LogP contribution in [0.5, 0.6) is 5.75 Å². The largest absolute Gasteiger partial charge is 0.507 e. The number of nitrogens with one attached hydrogen (secondary N) is 2. The molecular formula is C28H36FN5O4. The van der Waals surface area contributed by atoms with Gasteiger partial charge in [-0.05, 0) is 69.5 Å². The summed E-state index contributed by atoms with van der Waals surface area (Å²) in [6, 6.07) is 5.12. The Morgan fingerprint density at radius 3 is 2.87 bits per heavy atom. The number of amides is 1. The standard InChI is InChI=1S/C28H36FN5O4/c1-17-22-8-10-34(15-23(22)24(29)12-26(17)38-16-25(36)18(2)30-3)14-21(35)13-32-28(37)19-7-9-31-27(11-19)33-20-5-4-6-20/h7,9,11-12,20-21,35-36H,3-6,8,10,13-16H2,1-2H3,(H,31,33)(H,32,37)/t21-/m0/s1. The van der Waals surface area contributed by atoms with E-state index in [1.54, 1.807) is 25.3 Å². The van der Waals surface area contributed by atoms with Crippen molar-refractivity contribution in [3.8, 4) is 5.75 Å². The van der Waals surface area contributed by atoms with Crippen LogP contribution in [0.3, 0.4) is 0 Å². The van der Waals surface area contributed by atoms with Gasteiger partial charge in [0.1, 0.15) is 24.0 Å². The maximum absolute atomic E-state index is 15.0. The minimum atomic E-state index is -0.807. The van der Waals surface area contributed by atoms with Crippen molar-refractivity contribution in [1.82, 2.24) is 15.2 Å². The molecule has 0 unspecified atom stereocenters. The molecule has 1 aliphatic heterocycles. The highest BCUT2D eigenvalue weighted by Gasteiger charge is 2.25. The quantitative estimate of drug-likeness (QED) is 0.262. The second-order valence-corrected chi connectivity index (χ2v) is 9.97. The molecule has 1 fully saturated rings. The molecule has 0 spiro atoms. The minimum absolute atomic E-state index is 0.0560. The Morgan fingerprint density at radius 2 is 2.16 bits per heavy atom. The molecule has 4 rings (SSSR count). The van der Waals surface area contributed by atoms with Crippen molar-refractivity contribution < 1.29 is 24.1 Å². The summed E-state index contributed by atoms with van der Waals surface area (Å²) in [5, 5.41) is 26.6. The van der Waals surface area contributed by atoms with E-state index >= 15 is 4.39 Å². The number of fused-ring (bicyclic) bond motifs is 1. The third-order valence-corrected chi connectivity index (χ3v) is 7.26. The fourth-order valence-corrected chi connectivity index (χ4v) is 4.65. The number of rotatable bonds is 11. The predicted octanol–water partition coefficient (Wildman–Crippen LogP) is 3.51. The molecule has 0 bridgehead atoms. The van der Waals surface area contributed by atoms with Gasteiger partial charge in [-0.1, -0.05) is 0 Å². The molecule has 1 atom stereocenters. The van der Waals surface area contributed by atoms with Crippen molar-refractivity contribution in [3.05, 3.63) is 63.9 Å². The van der Waals surface area contributed by atoms with Crippen LogP contribution in [0.1, 0.15) is 53.2 Å². The second-order valence-electron chi connectivity index (χ2n) is 9.97. The first kappa shape index (κ1) is 27.5. The second kappa shape index (κ2) is 12.4. The number of anilines is 1. The number of β-amino-alcohol motifs (C(OH)–C–C–N with tert-alkyl or cyclic N) is 1. The summed E-state index contributed by atoms with van der Waals surface area (Å²) in [6.45, 7) is 8.10. The Kier molecular flexibility index (Phi) is 8.96. The van der Waals surface area contributed by atoms with Gasteiger partial charge in [-0.15, -0.1) is 0 Å². The van der Waals surface area contributed by atoms with E-state index in [-0.39, 0.29) is 30.6 Å². The molecule has 1 saturated carbocycles. The summed E-state index contributed by atoms with van der Waals surface area (Å²) in [5.74, 6) is 0.334. The highest BCUT2D eigenvalue weighted by Crippen LogP contribution is 2.32. The number of carbonyl (C=O) groups is 1. The van der Waals surface area contributed by atoms with Gasteiger partial charge in [0.05, 0.1) is 11.8 Å². The van der Waals surface area contributed by atoms with E-state index in [1.807, 2.05) is 11.8 Å². The third-order valence-electron chi connectivity index (χ3n) is 7.26. The van der Waals surface area contributed by atoms with Crippen molar-refractivity contribution in [2.45, 2.75) is 58.2 Å². The molecule has 1 aromatic carbocycles. The van der Waals surface area contributed by atoms with E-state index in [1.165, 1.54) is 12.5 Å². The number of aliphatic hydroxyl groups excluding tert-OH is 2. The lowest BCUT2D eigenvalue weighted by Gasteiger charge is -2.32. The molecular weight excluding hydrogens is 489 g/mol. The monoisotopic (exact) mass is 525 g/mol. The average molecular weight is 526 g/mol. The average Bonchev–Trinajstić information content (AvgIpc) is 2.90. The Balaban J connectivity index is 1.30. The van der Waals surface area contributed by atoms with Crippen LogP contribution in [0.15, 0.2) is 40.8 Å². The van der Waals surface area contributed by atoms with Gasteiger partial charge >= 0.3 is 0 Å². The van der Waals surface area contributed by atoms with Crippen molar-refractivity contribution in [1.29, 1.82) is 0 Å². The van der Waals surface area contributed by atoms with Gasteiger partial charge in [0.2, 0.25) is 0 Å². The number of aliphatic hydroxyl groups is 2. The Morgan fingerprint density at radius 1 is 1.37 bits per heavy atom. The lowest BCUT2D eigenvalue weighted by molar-refractivity contribution is 0.0839. The van der Waals surface area contributed by atoms with Gasteiger partial charge in [0, 0.05) is 55.6 Å². The summed E-state index contributed by atoms with van der Waals surface area (Å²) in [5.41, 5.74) is 3.12. The van der Waals surface area contributed by atoms with E-state index in [0.717, 1.165) is 24.0 Å². The number of hydrogen-bond donors (Lipinski definition) is 4. The maximum atomic E-state index is 15.0. The van der Waals surface area contributed by atoms with Crippen LogP contribution in [-0.4, -0.2) is 71.1 Å². The van der Waals surface area contributed by atoms with E-state index in [4.69, 9.17) is 4.74 Å². The summed E-state index contributed by atoms with van der Waals surface area (Å²) < 4.78 is 20.7. The zero-order valence-electron chi connectivity index (χ0n) is 22.0. The summed E-state index contributed by atoms with van der Waals surface area (Å²) in [6.07, 6.45) is 4.82. The van der Waals surface area contributed by atoms with Crippen LogP contribution in [0.4, 0.5) is 10.2 Å². The molecule has 2 aromatic rings. The smallest absolute Gasteiger partial charge is 0.251 e. The van der Waals surface area contributed by atoms with Crippen LogP contribution in [0.25, 0.3) is 0 Å². The third kappa shape index (κ3) is 6.68. The van der Waals surface area contributed by atoms with Gasteiger partial charge in [0.25, 0.3) is 5.91 Å². The van der Waals surface area contributed by atoms with Crippen molar-refractivity contribution in [3.63, 3.8) is 0 Å². The number of hydrogen-bond acceptors (Lipinski definition) is 8. The number of ether oxygens (including phenoxy) is 1. The highest BCUT2D eigenvalue weighted by atomic mass is 19.1. The molecule has 2 heterocycles. The Bertz CT molecular complexity index is 1210. The van der Waals surface area contributed by atoms with Gasteiger partial charge in [-0.3, -0.25) is 14.7 Å². The normalized spacial score (nSPS) is 17.1. The summed E-state index contributed by atoms with van der Waals surface area (Å²) in [4.78, 5) is 22.5. The molecule has 0 radical (unpaired) electrons. The fourth-order valence-electron chi connectivity index (χ4n) is 4.65. The Labute approximate surface area is 222 Å². The van der Waals surface area contributed by atoms with Gasteiger partial charge < -0.3 is 25.6 Å².